The van der Waals surface area contributed by atoms with Crippen molar-refractivity contribution in [2.24, 2.45) is 5.92 Å². The topological polar surface area (TPSA) is 47.5 Å². The number of rotatable bonds is 11. The van der Waals surface area contributed by atoms with Gasteiger partial charge in [-0.1, -0.05) is 26.0 Å². The molecule has 1 unspecified atom stereocenters. The summed E-state index contributed by atoms with van der Waals surface area (Å²) in [6.07, 6.45) is -2.69. The van der Waals surface area contributed by atoms with Crippen molar-refractivity contribution in [2.45, 2.75) is 51.6 Å². The first kappa shape index (κ1) is 26.9. The van der Waals surface area contributed by atoms with Gasteiger partial charge in [-0.05, 0) is 60.7 Å². The second-order valence-corrected chi connectivity index (χ2v) is 9.78. The first-order valence-electron chi connectivity index (χ1n) is 12.2. The Morgan fingerprint density at radius 1 is 1.00 bits per heavy atom. The van der Waals surface area contributed by atoms with Gasteiger partial charge < -0.3 is 9.47 Å². The summed E-state index contributed by atoms with van der Waals surface area (Å²) in [4.78, 5) is 10.0. The second kappa shape index (κ2) is 11.5. The molecule has 0 amide bonds. The molecule has 3 aromatic rings. The average Bonchev–Trinajstić information content (AvgIpc) is 2.89. The van der Waals surface area contributed by atoms with E-state index in [4.69, 9.17) is 9.47 Å². The summed E-state index contributed by atoms with van der Waals surface area (Å²) >= 11 is 0. The van der Waals surface area contributed by atoms with E-state index in [1.165, 1.54) is 24.4 Å². The quantitative estimate of drug-likeness (QED) is 0.254. The summed E-state index contributed by atoms with van der Waals surface area (Å²) in [7, 11) is 1.63. The monoisotopic (exact) mass is 517 g/mol. The van der Waals surface area contributed by atoms with E-state index in [2.05, 4.69) is 28.7 Å². The Bertz CT molecular complexity index is 1190. The van der Waals surface area contributed by atoms with Crippen LogP contribution in [-0.4, -0.2) is 40.7 Å². The average molecular weight is 518 g/mol. The largest absolute Gasteiger partial charge is 0.497 e. The number of halogens is 4. The highest BCUT2D eigenvalue weighted by atomic mass is 19.3. The van der Waals surface area contributed by atoms with Gasteiger partial charge in [0, 0.05) is 24.8 Å². The Hall–Kier alpha value is -3.20. The van der Waals surface area contributed by atoms with Crippen molar-refractivity contribution < 1.29 is 27.0 Å². The van der Waals surface area contributed by atoms with Crippen molar-refractivity contribution in [3.63, 3.8) is 0 Å². The first-order chi connectivity index (χ1) is 17.7. The van der Waals surface area contributed by atoms with Gasteiger partial charge in [-0.15, -0.1) is 0 Å². The minimum Gasteiger partial charge on any atom is -0.497 e. The predicted octanol–water partition coefficient (Wildman–Crippen LogP) is 7.10. The highest BCUT2D eigenvalue weighted by Crippen LogP contribution is 2.40. The summed E-state index contributed by atoms with van der Waals surface area (Å²) in [5.41, 5.74) is 0.356. The van der Waals surface area contributed by atoms with Crippen molar-refractivity contribution in [3.05, 3.63) is 71.7 Å². The van der Waals surface area contributed by atoms with E-state index in [0.29, 0.717) is 18.0 Å². The van der Waals surface area contributed by atoms with E-state index >= 15 is 0 Å². The van der Waals surface area contributed by atoms with Crippen LogP contribution in [0.15, 0.2) is 54.7 Å². The molecular weight excluding hydrogens is 486 g/mol. The lowest BCUT2D eigenvalue weighted by atomic mass is 9.78. The lowest BCUT2D eigenvalue weighted by Gasteiger charge is -2.53. The molecule has 9 heteroatoms. The highest BCUT2D eigenvalue weighted by molar-refractivity contribution is 5.60. The third kappa shape index (κ3) is 6.21. The van der Waals surface area contributed by atoms with Crippen molar-refractivity contribution in [1.82, 2.24) is 14.9 Å². The van der Waals surface area contributed by atoms with Gasteiger partial charge in [0.05, 0.1) is 18.3 Å². The standard InChI is InChI=1S/C28H31F4N3O2/c1-18(2)15-28(11-13-35(28)16-19-4-6-21(36-3)7-5-19)17-37-24-9-8-22(34-25(24)27(31)32)20-10-12-33-23(14-20)26(29)30/h4-10,12,14,18,26-27H,11,13,15-17H2,1-3H3. The number of ether oxygens (including phenoxy) is 2. The molecule has 198 valence electrons. The molecule has 1 saturated heterocycles. The lowest BCUT2D eigenvalue weighted by molar-refractivity contribution is -0.0666. The molecule has 1 fully saturated rings. The van der Waals surface area contributed by atoms with Gasteiger partial charge in [0.15, 0.2) is 0 Å². The number of aromatic nitrogens is 2. The molecule has 0 N–H and O–H groups in total. The normalized spacial score (nSPS) is 17.9. The summed E-state index contributed by atoms with van der Waals surface area (Å²) in [5, 5.41) is 0. The van der Waals surface area contributed by atoms with Crippen LogP contribution in [0.25, 0.3) is 11.3 Å². The minimum atomic E-state index is -2.89. The van der Waals surface area contributed by atoms with Gasteiger partial charge in [-0.2, -0.15) is 0 Å². The van der Waals surface area contributed by atoms with Crippen molar-refractivity contribution in [2.75, 3.05) is 20.3 Å². The Morgan fingerprint density at radius 3 is 2.35 bits per heavy atom. The van der Waals surface area contributed by atoms with Crippen LogP contribution < -0.4 is 9.47 Å². The molecule has 2 aromatic heterocycles. The van der Waals surface area contributed by atoms with Gasteiger partial charge in [-0.3, -0.25) is 9.88 Å². The molecule has 0 spiro atoms. The lowest BCUT2D eigenvalue weighted by Crippen LogP contribution is -2.63. The van der Waals surface area contributed by atoms with Crippen LogP contribution >= 0.6 is 0 Å². The minimum absolute atomic E-state index is 0.00122. The van der Waals surface area contributed by atoms with Crippen LogP contribution in [0.1, 0.15) is 56.5 Å². The number of benzene rings is 1. The van der Waals surface area contributed by atoms with Crippen LogP contribution in [0.2, 0.25) is 0 Å². The van der Waals surface area contributed by atoms with Gasteiger partial charge >= 0.3 is 0 Å². The van der Waals surface area contributed by atoms with Crippen LogP contribution in [0, 0.1) is 5.92 Å². The molecular formula is C28H31F4N3O2. The summed E-state index contributed by atoms with van der Waals surface area (Å²) in [6.45, 7) is 6.11. The van der Waals surface area contributed by atoms with Gasteiger partial charge in [0.25, 0.3) is 12.9 Å². The molecule has 1 aliphatic heterocycles. The maximum atomic E-state index is 14.0. The Kier molecular flexibility index (Phi) is 8.32. The number of nitrogens with zero attached hydrogens (tertiary/aromatic N) is 3. The van der Waals surface area contributed by atoms with Gasteiger partial charge in [0.1, 0.15) is 29.5 Å². The number of hydrogen-bond donors (Lipinski definition) is 0. The summed E-state index contributed by atoms with van der Waals surface area (Å²) in [5.74, 6) is 1.17. The number of hydrogen-bond acceptors (Lipinski definition) is 5. The molecule has 1 aromatic carbocycles. The zero-order chi connectivity index (χ0) is 26.6. The summed E-state index contributed by atoms with van der Waals surface area (Å²) < 4.78 is 65.3. The molecule has 1 aliphatic rings. The Labute approximate surface area is 214 Å². The fourth-order valence-corrected chi connectivity index (χ4v) is 4.84. The molecule has 5 nitrogen and oxygen atoms in total. The smallest absolute Gasteiger partial charge is 0.284 e. The van der Waals surface area contributed by atoms with E-state index in [-0.39, 0.29) is 23.6 Å². The molecule has 0 saturated carbocycles. The maximum absolute atomic E-state index is 14.0. The van der Waals surface area contributed by atoms with Crippen molar-refractivity contribution in [1.29, 1.82) is 0 Å². The fraction of sp³-hybridized carbons (Fsp3) is 0.429. The van der Waals surface area contributed by atoms with Gasteiger partial charge in [0.2, 0.25) is 0 Å². The van der Waals surface area contributed by atoms with Crippen LogP contribution in [0.3, 0.4) is 0 Å². The van der Waals surface area contributed by atoms with E-state index in [0.717, 1.165) is 36.8 Å². The third-order valence-corrected chi connectivity index (χ3v) is 6.73. The molecule has 0 bridgehead atoms. The highest BCUT2D eigenvalue weighted by Gasteiger charge is 2.45. The maximum Gasteiger partial charge on any atom is 0.284 e. The zero-order valence-electron chi connectivity index (χ0n) is 21.1. The van der Waals surface area contributed by atoms with Crippen molar-refractivity contribution >= 4 is 0 Å². The van der Waals surface area contributed by atoms with Crippen molar-refractivity contribution in [3.8, 4) is 22.8 Å². The zero-order valence-corrected chi connectivity index (χ0v) is 21.1. The van der Waals surface area contributed by atoms with E-state index in [9.17, 15) is 17.6 Å². The number of pyridine rings is 2. The third-order valence-electron chi connectivity index (χ3n) is 6.73. The number of methoxy groups -OCH3 is 1. The predicted molar refractivity (Wildman–Crippen MR) is 133 cm³/mol. The molecule has 0 aliphatic carbocycles. The SMILES string of the molecule is COc1ccc(CN2CCC2(COc2ccc(-c3ccnc(C(F)F)c3)nc2C(F)F)CC(C)C)cc1. The number of alkyl halides is 4. The molecule has 37 heavy (non-hydrogen) atoms. The molecule has 4 rings (SSSR count). The van der Waals surface area contributed by atoms with Gasteiger partial charge in [-0.25, -0.2) is 22.5 Å². The van der Waals surface area contributed by atoms with E-state index < -0.39 is 24.2 Å². The van der Waals surface area contributed by atoms with E-state index in [1.54, 1.807) is 7.11 Å². The van der Waals surface area contributed by atoms with E-state index in [1.807, 2.05) is 24.3 Å². The Balaban J connectivity index is 1.54. The van der Waals surface area contributed by atoms with Crippen LogP contribution in [-0.2, 0) is 6.54 Å². The second-order valence-electron chi connectivity index (χ2n) is 9.78. The number of likely N-dealkylation sites (tertiary alicyclic amines) is 1. The van der Waals surface area contributed by atoms with Crippen LogP contribution in [0.4, 0.5) is 17.6 Å². The molecule has 3 heterocycles. The fourth-order valence-electron chi connectivity index (χ4n) is 4.84. The first-order valence-corrected chi connectivity index (χ1v) is 12.2. The molecule has 0 radical (unpaired) electrons. The molecule has 1 atom stereocenters. The Morgan fingerprint density at radius 2 is 1.76 bits per heavy atom. The summed E-state index contributed by atoms with van der Waals surface area (Å²) in [6, 6.07) is 13.5. The van der Waals surface area contributed by atoms with Crippen LogP contribution in [0.5, 0.6) is 11.5 Å².